The van der Waals surface area contributed by atoms with Gasteiger partial charge in [-0.2, -0.15) is 0 Å². The average Bonchev–Trinajstić information content (AvgIpc) is 3.78. The molecule has 2 aromatic heterocycles. The molecule has 8 aromatic carbocycles. The minimum Gasteiger partial charge on any atom is -0.455 e. The van der Waals surface area contributed by atoms with E-state index in [1.54, 1.807) is 0 Å². The first kappa shape index (κ1) is 27.5. The average molecular weight is 629 g/mol. The molecule has 4 nitrogen and oxygen atoms in total. The lowest BCUT2D eigenvalue weighted by Gasteiger charge is -2.26. The molecule has 10 aromatic rings. The van der Waals surface area contributed by atoms with Crippen molar-refractivity contribution in [3.63, 3.8) is 0 Å². The van der Waals surface area contributed by atoms with Crippen molar-refractivity contribution in [1.82, 2.24) is 4.98 Å². The number of anilines is 3. The Kier molecular flexibility index (Phi) is 6.15. The van der Waals surface area contributed by atoms with Crippen molar-refractivity contribution >= 4 is 71.6 Å². The van der Waals surface area contributed by atoms with Crippen molar-refractivity contribution in [1.29, 1.82) is 0 Å². The van der Waals surface area contributed by atoms with Crippen molar-refractivity contribution in [2.75, 3.05) is 4.90 Å². The summed E-state index contributed by atoms with van der Waals surface area (Å²) in [4.78, 5) is 7.35. The van der Waals surface area contributed by atoms with E-state index < -0.39 is 0 Å². The lowest BCUT2D eigenvalue weighted by atomic mass is 9.99. The van der Waals surface area contributed by atoms with Gasteiger partial charge in [-0.05, 0) is 82.4 Å². The van der Waals surface area contributed by atoms with Crippen LogP contribution in [0.1, 0.15) is 0 Å². The third-order valence-corrected chi connectivity index (χ3v) is 9.48. The molecule has 0 bridgehead atoms. The van der Waals surface area contributed by atoms with Gasteiger partial charge in [0, 0.05) is 44.3 Å². The molecule has 0 N–H and O–H groups in total. The molecule has 0 amide bonds. The van der Waals surface area contributed by atoms with Gasteiger partial charge in [0.05, 0.1) is 0 Å². The number of aromatic nitrogens is 1. The molecule has 230 valence electrons. The van der Waals surface area contributed by atoms with Crippen LogP contribution in [0.4, 0.5) is 17.1 Å². The van der Waals surface area contributed by atoms with Gasteiger partial charge in [0.15, 0.2) is 5.58 Å². The Hall–Kier alpha value is -6.65. The summed E-state index contributed by atoms with van der Waals surface area (Å²) >= 11 is 0. The number of furan rings is 1. The zero-order valence-electron chi connectivity index (χ0n) is 26.4. The van der Waals surface area contributed by atoms with E-state index in [0.717, 1.165) is 88.3 Å². The fourth-order valence-electron chi connectivity index (χ4n) is 7.15. The Morgan fingerprint density at radius 2 is 1.10 bits per heavy atom. The van der Waals surface area contributed by atoms with Crippen LogP contribution >= 0.6 is 0 Å². The standard InChI is InChI=1S/C45H28N2O2/c1-3-10-32(11-4-1)45-46-43-41(49-45)27-23-31-19-18-30-22-26-35(28-39(30)42(31)43)47(33-12-5-2-6-13-33)34-24-20-29(21-25-34)36-15-9-16-38-37-14-7-8-17-40(37)48-44(36)38/h1-28H. The summed E-state index contributed by atoms with van der Waals surface area (Å²) < 4.78 is 12.7. The molecular weight excluding hydrogens is 601 g/mol. The molecule has 0 aliphatic carbocycles. The van der Waals surface area contributed by atoms with Crippen molar-refractivity contribution in [2.45, 2.75) is 0 Å². The van der Waals surface area contributed by atoms with Gasteiger partial charge < -0.3 is 13.7 Å². The van der Waals surface area contributed by atoms with Crippen LogP contribution in [0.2, 0.25) is 0 Å². The summed E-state index contributed by atoms with van der Waals surface area (Å²) in [6, 6.07) is 59.2. The van der Waals surface area contributed by atoms with Crippen LogP contribution in [0.3, 0.4) is 0 Å². The molecule has 0 aliphatic heterocycles. The summed E-state index contributed by atoms with van der Waals surface area (Å²) in [7, 11) is 0. The molecule has 0 spiro atoms. The number of rotatable bonds is 5. The molecule has 0 radical (unpaired) electrons. The van der Waals surface area contributed by atoms with E-state index in [0.29, 0.717) is 5.89 Å². The summed E-state index contributed by atoms with van der Waals surface area (Å²) in [5, 5.41) is 6.75. The third-order valence-electron chi connectivity index (χ3n) is 9.48. The van der Waals surface area contributed by atoms with Gasteiger partial charge in [-0.25, -0.2) is 4.98 Å². The van der Waals surface area contributed by atoms with Crippen molar-refractivity contribution in [3.8, 4) is 22.6 Å². The third kappa shape index (κ3) is 4.49. The first-order valence-electron chi connectivity index (χ1n) is 16.5. The Labute approximate surface area is 282 Å². The maximum Gasteiger partial charge on any atom is 0.227 e. The van der Waals surface area contributed by atoms with Crippen LogP contribution in [-0.4, -0.2) is 4.98 Å². The van der Waals surface area contributed by atoms with Crippen LogP contribution in [0.15, 0.2) is 179 Å². The number of hydrogen-bond acceptors (Lipinski definition) is 4. The van der Waals surface area contributed by atoms with Crippen LogP contribution in [0.25, 0.3) is 77.2 Å². The van der Waals surface area contributed by atoms with Crippen molar-refractivity contribution in [3.05, 3.63) is 170 Å². The van der Waals surface area contributed by atoms with Crippen LogP contribution in [-0.2, 0) is 0 Å². The summed E-state index contributed by atoms with van der Waals surface area (Å²) in [6.45, 7) is 0. The van der Waals surface area contributed by atoms with Gasteiger partial charge in [-0.3, -0.25) is 0 Å². The second-order valence-corrected chi connectivity index (χ2v) is 12.4. The Bertz CT molecular complexity index is 2820. The summed E-state index contributed by atoms with van der Waals surface area (Å²) in [6.07, 6.45) is 0. The second-order valence-electron chi connectivity index (χ2n) is 12.4. The van der Waals surface area contributed by atoms with Gasteiger partial charge in [0.2, 0.25) is 5.89 Å². The lowest BCUT2D eigenvalue weighted by Crippen LogP contribution is -2.09. The highest BCUT2D eigenvalue weighted by Gasteiger charge is 2.18. The zero-order chi connectivity index (χ0) is 32.3. The Balaban J connectivity index is 1.13. The van der Waals surface area contributed by atoms with Gasteiger partial charge in [0.25, 0.3) is 0 Å². The maximum atomic E-state index is 6.37. The van der Waals surface area contributed by atoms with E-state index in [9.17, 15) is 0 Å². The number of fused-ring (bicyclic) bond motifs is 8. The van der Waals surface area contributed by atoms with Gasteiger partial charge >= 0.3 is 0 Å². The summed E-state index contributed by atoms with van der Waals surface area (Å²) in [5.41, 5.74) is 9.80. The van der Waals surface area contributed by atoms with Crippen LogP contribution in [0, 0.1) is 0 Å². The fourth-order valence-corrected chi connectivity index (χ4v) is 7.15. The second kappa shape index (κ2) is 11.0. The van der Waals surface area contributed by atoms with E-state index in [2.05, 4.69) is 126 Å². The summed E-state index contributed by atoms with van der Waals surface area (Å²) in [5.74, 6) is 0.626. The highest BCUT2D eigenvalue weighted by molar-refractivity contribution is 6.19. The monoisotopic (exact) mass is 628 g/mol. The molecule has 2 heterocycles. The molecule has 0 aliphatic rings. The number of hydrogen-bond donors (Lipinski definition) is 0. The minimum absolute atomic E-state index is 0.626. The van der Waals surface area contributed by atoms with Gasteiger partial charge in [-0.1, -0.05) is 109 Å². The van der Waals surface area contributed by atoms with Crippen molar-refractivity contribution < 1.29 is 8.83 Å². The Morgan fingerprint density at radius 1 is 0.429 bits per heavy atom. The maximum absolute atomic E-state index is 6.37. The number of nitrogens with zero attached hydrogens (tertiary/aromatic N) is 2. The molecule has 0 atom stereocenters. The molecule has 0 fully saturated rings. The molecular formula is C45H28N2O2. The number of benzene rings is 8. The quantitative estimate of drug-likeness (QED) is 0.178. The molecule has 0 saturated carbocycles. The predicted molar refractivity (Wildman–Crippen MR) is 202 cm³/mol. The van der Waals surface area contributed by atoms with Crippen molar-refractivity contribution in [2.24, 2.45) is 0 Å². The smallest absolute Gasteiger partial charge is 0.227 e. The van der Waals surface area contributed by atoms with Crippen LogP contribution < -0.4 is 4.90 Å². The lowest BCUT2D eigenvalue weighted by molar-refractivity contribution is 0.620. The molecule has 10 rings (SSSR count). The SMILES string of the molecule is c1ccc(-c2nc3c(ccc4ccc5ccc(N(c6ccccc6)c6ccc(-c7cccc8c7oc7ccccc78)cc6)cc5c43)o2)cc1. The van der Waals surface area contributed by atoms with E-state index in [-0.39, 0.29) is 0 Å². The zero-order valence-corrected chi connectivity index (χ0v) is 26.4. The number of oxazole rings is 1. The first-order valence-corrected chi connectivity index (χ1v) is 16.5. The highest BCUT2D eigenvalue weighted by atomic mass is 16.3. The number of para-hydroxylation sites is 3. The molecule has 0 unspecified atom stereocenters. The fraction of sp³-hybridized carbons (Fsp3) is 0. The van der Waals surface area contributed by atoms with E-state index in [4.69, 9.17) is 13.8 Å². The van der Waals surface area contributed by atoms with Crippen LogP contribution in [0.5, 0.6) is 0 Å². The topological polar surface area (TPSA) is 42.4 Å². The van der Waals surface area contributed by atoms with Gasteiger partial charge in [0.1, 0.15) is 16.7 Å². The van der Waals surface area contributed by atoms with Gasteiger partial charge in [-0.15, -0.1) is 0 Å². The normalized spacial score (nSPS) is 11.7. The largest absolute Gasteiger partial charge is 0.455 e. The highest BCUT2D eigenvalue weighted by Crippen LogP contribution is 2.41. The molecule has 4 heteroatoms. The van der Waals surface area contributed by atoms with E-state index >= 15 is 0 Å². The van der Waals surface area contributed by atoms with E-state index in [1.165, 1.54) is 0 Å². The van der Waals surface area contributed by atoms with E-state index in [1.807, 2.05) is 48.5 Å². The molecule has 0 saturated heterocycles. The minimum atomic E-state index is 0.626. The predicted octanol–water partition coefficient (Wildman–Crippen LogP) is 12.8. The first-order chi connectivity index (χ1) is 24.3. The molecule has 49 heavy (non-hydrogen) atoms. The Morgan fingerprint density at radius 3 is 1.96 bits per heavy atom.